The molecule has 4 rings (SSSR count). The number of hydrogen-bond donors (Lipinski definition) is 1. The molecular weight excluding hydrogens is 478 g/mol. The number of hydrogen-bond acceptors (Lipinski definition) is 10. The van der Waals surface area contributed by atoms with Crippen LogP contribution in [-0.2, 0) is 11.2 Å². The van der Waals surface area contributed by atoms with Gasteiger partial charge in [-0.15, -0.1) is 15.3 Å². The molecule has 0 aliphatic heterocycles. The highest BCUT2D eigenvalue weighted by Gasteiger charge is 2.15. The summed E-state index contributed by atoms with van der Waals surface area (Å²) in [6.45, 7) is 0. The molecule has 0 bridgehead atoms. The first-order valence-corrected chi connectivity index (χ1v) is 11.8. The second-order valence-electron chi connectivity index (χ2n) is 6.95. The zero-order valence-corrected chi connectivity index (χ0v) is 20.2. The minimum Gasteiger partial charge on any atom is -0.497 e. The number of anilines is 1. The number of methoxy groups -OCH3 is 3. The monoisotopic (exact) mass is 499 g/mol. The average Bonchev–Trinajstić information content (AvgIpc) is 3.29. The maximum atomic E-state index is 12.9. The summed E-state index contributed by atoms with van der Waals surface area (Å²) < 4.78 is 17.4. The van der Waals surface area contributed by atoms with E-state index in [1.807, 2.05) is 6.07 Å². The summed E-state index contributed by atoms with van der Waals surface area (Å²) in [5.41, 5.74) is 1.39. The van der Waals surface area contributed by atoms with E-state index in [0.29, 0.717) is 32.2 Å². The number of nitrogens with one attached hydrogen (secondary N) is 1. The Morgan fingerprint density at radius 3 is 2.50 bits per heavy atom. The van der Waals surface area contributed by atoms with Gasteiger partial charge in [0.2, 0.25) is 10.9 Å². The molecule has 0 aliphatic carbocycles. The molecule has 4 aromatic rings. The normalized spacial score (nSPS) is 10.8. The molecule has 2 heterocycles. The van der Waals surface area contributed by atoms with Crippen LogP contribution in [0.4, 0.5) is 5.69 Å². The smallest absolute Gasteiger partial charge is 0.297 e. The molecule has 34 heavy (non-hydrogen) atoms. The topological polar surface area (TPSA) is 117 Å². The van der Waals surface area contributed by atoms with E-state index in [-0.39, 0.29) is 29.3 Å². The van der Waals surface area contributed by atoms with Gasteiger partial charge in [0.1, 0.15) is 11.4 Å². The predicted molar refractivity (Wildman–Crippen MR) is 130 cm³/mol. The largest absolute Gasteiger partial charge is 0.497 e. The summed E-state index contributed by atoms with van der Waals surface area (Å²) in [5, 5.41) is 15.4. The van der Waals surface area contributed by atoms with Gasteiger partial charge in [0.05, 0.1) is 27.1 Å². The van der Waals surface area contributed by atoms with Crippen LogP contribution in [0.15, 0.2) is 51.6 Å². The lowest BCUT2D eigenvalue weighted by atomic mass is 10.1. The van der Waals surface area contributed by atoms with Gasteiger partial charge in [0.25, 0.3) is 5.56 Å². The van der Waals surface area contributed by atoms with Gasteiger partial charge in [-0.05, 0) is 42.0 Å². The fourth-order valence-electron chi connectivity index (χ4n) is 3.08. The molecule has 1 amide bonds. The molecule has 0 fully saturated rings. The molecule has 0 atom stereocenters. The number of thioether (sulfide) groups is 1. The van der Waals surface area contributed by atoms with E-state index in [1.54, 1.807) is 57.7 Å². The first-order valence-electron chi connectivity index (χ1n) is 10.0. The highest BCUT2D eigenvalue weighted by Crippen LogP contribution is 2.28. The Hall–Kier alpha value is -3.64. The predicted octanol–water partition coefficient (Wildman–Crippen LogP) is 2.89. The van der Waals surface area contributed by atoms with E-state index in [2.05, 4.69) is 20.6 Å². The van der Waals surface area contributed by atoms with E-state index >= 15 is 0 Å². The minimum absolute atomic E-state index is 0.131. The standard InChI is InChI=1S/C22H21N5O5S2/c1-30-15-7-5-14(6-8-15)23-19(28)12-33-22-26-27-20(29)16(24-25-21(27)34-22)10-13-4-9-17(31-2)18(11-13)32-3/h4-9,11H,10,12H2,1-3H3,(H,23,28). The summed E-state index contributed by atoms with van der Waals surface area (Å²) in [7, 11) is 4.69. The zero-order valence-electron chi connectivity index (χ0n) is 18.6. The van der Waals surface area contributed by atoms with Crippen LogP contribution in [0.3, 0.4) is 0 Å². The summed E-state index contributed by atoms with van der Waals surface area (Å²) in [6, 6.07) is 12.4. The van der Waals surface area contributed by atoms with Crippen molar-refractivity contribution in [3.8, 4) is 17.2 Å². The number of amides is 1. The number of ether oxygens (including phenoxy) is 3. The van der Waals surface area contributed by atoms with Crippen molar-refractivity contribution in [1.82, 2.24) is 19.8 Å². The van der Waals surface area contributed by atoms with E-state index in [4.69, 9.17) is 14.2 Å². The summed E-state index contributed by atoms with van der Waals surface area (Å²) in [6.07, 6.45) is 0.263. The van der Waals surface area contributed by atoms with Crippen LogP contribution >= 0.6 is 23.1 Å². The number of rotatable bonds is 9. The minimum atomic E-state index is -0.356. The fraction of sp³-hybridized carbons (Fsp3) is 0.227. The molecule has 0 radical (unpaired) electrons. The molecular formula is C22H21N5O5S2. The van der Waals surface area contributed by atoms with Crippen LogP contribution in [-0.4, -0.2) is 52.8 Å². The van der Waals surface area contributed by atoms with Gasteiger partial charge in [-0.25, -0.2) is 0 Å². The van der Waals surface area contributed by atoms with Crippen molar-refractivity contribution >= 4 is 39.7 Å². The van der Waals surface area contributed by atoms with Crippen LogP contribution in [0.5, 0.6) is 17.2 Å². The molecule has 2 aromatic carbocycles. The molecule has 176 valence electrons. The Morgan fingerprint density at radius 1 is 1.03 bits per heavy atom. The number of benzene rings is 2. The Bertz CT molecular complexity index is 1370. The van der Waals surface area contributed by atoms with E-state index in [0.717, 1.165) is 5.56 Å². The third-order valence-corrected chi connectivity index (χ3v) is 6.79. The van der Waals surface area contributed by atoms with Crippen molar-refractivity contribution in [3.05, 3.63) is 64.1 Å². The lowest BCUT2D eigenvalue weighted by molar-refractivity contribution is -0.113. The van der Waals surface area contributed by atoms with E-state index in [1.165, 1.54) is 27.6 Å². The SMILES string of the molecule is COc1ccc(NC(=O)CSc2nn3c(=O)c(Cc4ccc(OC)c(OC)c4)nnc3s2)cc1. The second-order valence-corrected chi connectivity index (χ2v) is 9.12. The molecule has 0 saturated heterocycles. The number of aromatic nitrogens is 4. The average molecular weight is 500 g/mol. The van der Waals surface area contributed by atoms with Gasteiger partial charge in [0.15, 0.2) is 15.8 Å². The molecule has 10 nitrogen and oxygen atoms in total. The van der Waals surface area contributed by atoms with Crippen LogP contribution in [0.2, 0.25) is 0 Å². The lowest BCUT2D eigenvalue weighted by Crippen LogP contribution is -2.22. The van der Waals surface area contributed by atoms with Gasteiger partial charge in [0, 0.05) is 12.1 Å². The number of nitrogens with zero attached hydrogens (tertiary/aromatic N) is 4. The van der Waals surface area contributed by atoms with Gasteiger partial charge < -0.3 is 19.5 Å². The summed E-state index contributed by atoms with van der Waals surface area (Å²) >= 11 is 2.42. The molecule has 0 aliphatic rings. The van der Waals surface area contributed by atoms with Crippen molar-refractivity contribution in [2.45, 2.75) is 10.8 Å². The third kappa shape index (κ3) is 5.29. The summed E-state index contributed by atoms with van der Waals surface area (Å²) in [5.74, 6) is 1.81. The van der Waals surface area contributed by atoms with E-state index in [9.17, 15) is 9.59 Å². The maximum Gasteiger partial charge on any atom is 0.297 e. The second kappa shape index (κ2) is 10.5. The molecule has 12 heteroatoms. The van der Waals surface area contributed by atoms with Crippen molar-refractivity contribution in [2.24, 2.45) is 0 Å². The molecule has 1 N–H and O–H groups in total. The molecule has 0 saturated carbocycles. The highest BCUT2D eigenvalue weighted by molar-refractivity contribution is 8.01. The van der Waals surface area contributed by atoms with Crippen molar-refractivity contribution in [1.29, 1.82) is 0 Å². The number of carbonyl (C=O) groups is 1. The Balaban J connectivity index is 1.44. The van der Waals surface area contributed by atoms with Gasteiger partial charge in [-0.2, -0.15) is 4.52 Å². The van der Waals surface area contributed by atoms with Gasteiger partial charge in [-0.3, -0.25) is 9.59 Å². The molecule has 2 aromatic heterocycles. The van der Waals surface area contributed by atoms with Crippen LogP contribution in [0.25, 0.3) is 4.96 Å². The molecule has 0 spiro atoms. The zero-order chi connectivity index (χ0) is 24.1. The fourth-order valence-corrected chi connectivity index (χ4v) is 4.75. The van der Waals surface area contributed by atoms with Gasteiger partial charge >= 0.3 is 0 Å². The first-order chi connectivity index (χ1) is 16.5. The number of fused-ring (bicyclic) bond motifs is 1. The molecule has 0 unspecified atom stereocenters. The van der Waals surface area contributed by atoms with E-state index < -0.39 is 0 Å². The lowest BCUT2D eigenvalue weighted by Gasteiger charge is -2.09. The van der Waals surface area contributed by atoms with Crippen LogP contribution in [0.1, 0.15) is 11.3 Å². The Morgan fingerprint density at radius 2 is 1.79 bits per heavy atom. The maximum absolute atomic E-state index is 12.9. The highest BCUT2D eigenvalue weighted by atomic mass is 32.2. The first kappa shape index (κ1) is 23.5. The van der Waals surface area contributed by atoms with Crippen LogP contribution < -0.4 is 25.1 Å². The Kier molecular flexibility index (Phi) is 7.28. The third-order valence-electron chi connectivity index (χ3n) is 4.76. The Labute approximate surface area is 202 Å². The summed E-state index contributed by atoms with van der Waals surface area (Å²) in [4.78, 5) is 25.5. The van der Waals surface area contributed by atoms with Gasteiger partial charge in [-0.1, -0.05) is 29.2 Å². The van der Waals surface area contributed by atoms with Crippen molar-refractivity contribution < 1.29 is 19.0 Å². The van der Waals surface area contributed by atoms with Crippen molar-refractivity contribution in [2.75, 3.05) is 32.4 Å². The van der Waals surface area contributed by atoms with Crippen LogP contribution in [0, 0.1) is 0 Å². The van der Waals surface area contributed by atoms with Crippen molar-refractivity contribution in [3.63, 3.8) is 0 Å². The number of carbonyl (C=O) groups excluding carboxylic acids is 1. The quantitative estimate of drug-likeness (QED) is 0.347.